The molecule has 1 heterocycles. The predicted octanol–water partition coefficient (Wildman–Crippen LogP) is 4.34. The monoisotopic (exact) mass is 332 g/mol. The largest absolute Gasteiger partial charge is 0.324 e. The summed E-state index contributed by atoms with van der Waals surface area (Å²) in [7, 11) is 0. The molecule has 0 bridgehead atoms. The van der Waals surface area contributed by atoms with Crippen molar-refractivity contribution in [3.05, 3.63) is 77.6 Å². The Labute approximate surface area is 147 Å². The van der Waals surface area contributed by atoms with Crippen molar-refractivity contribution in [2.75, 3.05) is 10.6 Å². The van der Waals surface area contributed by atoms with E-state index in [9.17, 15) is 4.79 Å². The molecule has 0 unspecified atom stereocenters. The number of aromatic nitrogens is 2. The lowest BCUT2D eigenvalue weighted by Crippen LogP contribution is -2.14. The van der Waals surface area contributed by atoms with E-state index >= 15 is 0 Å². The van der Waals surface area contributed by atoms with Crippen molar-refractivity contribution in [1.82, 2.24) is 9.97 Å². The molecule has 25 heavy (non-hydrogen) atoms. The second kappa shape index (κ2) is 7.57. The maximum absolute atomic E-state index is 12.4. The van der Waals surface area contributed by atoms with Crippen LogP contribution in [0.3, 0.4) is 0 Å². The van der Waals surface area contributed by atoms with E-state index in [2.05, 4.69) is 39.7 Å². The third kappa shape index (κ3) is 4.41. The number of anilines is 3. The maximum Gasteiger partial charge on any atom is 0.274 e. The van der Waals surface area contributed by atoms with Gasteiger partial charge in [0.2, 0.25) is 5.95 Å². The molecular weight excluding hydrogens is 312 g/mol. The summed E-state index contributed by atoms with van der Waals surface area (Å²) < 4.78 is 0. The van der Waals surface area contributed by atoms with Gasteiger partial charge in [0.1, 0.15) is 5.69 Å². The zero-order chi connectivity index (χ0) is 17.6. The number of hydrogen-bond donors (Lipinski definition) is 2. The van der Waals surface area contributed by atoms with Crippen molar-refractivity contribution < 1.29 is 4.79 Å². The van der Waals surface area contributed by atoms with Gasteiger partial charge >= 0.3 is 0 Å². The first-order valence-corrected chi connectivity index (χ1v) is 8.21. The molecule has 2 aromatic carbocycles. The van der Waals surface area contributed by atoms with Gasteiger partial charge in [-0.2, -0.15) is 0 Å². The minimum absolute atomic E-state index is 0.268. The average molecular weight is 332 g/mol. The van der Waals surface area contributed by atoms with E-state index < -0.39 is 0 Å². The van der Waals surface area contributed by atoms with Gasteiger partial charge in [0.25, 0.3) is 5.91 Å². The lowest BCUT2D eigenvalue weighted by atomic mass is 10.1. The van der Waals surface area contributed by atoms with Gasteiger partial charge in [0.05, 0.1) is 0 Å². The van der Waals surface area contributed by atoms with E-state index in [1.165, 1.54) is 5.56 Å². The molecular formula is C20H20N4O. The molecule has 126 valence electrons. The van der Waals surface area contributed by atoms with Gasteiger partial charge in [-0.1, -0.05) is 36.8 Å². The van der Waals surface area contributed by atoms with Crippen LogP contribution in [0.4, 0.5) is 17.3 Å². The highest BCUT2D eigenvalue weighted by molar-refractivity contribution is 6.03. The van der Waals surface area contributed by atoms with Gasteiger partial charge < -0.3 is 10.6 Å². The summed E-state index contributed by atoms with van der Waals surface area (Å²) in [4.78, 5) is 20.8. The number of carbonyl (C=O) groups excluding carboxylic acids is 1. The van der Waals surface area contributed by atoms with Gasteiger partial charge in [0.15, 0.2) is 0 Å². The van der Waals surface area contributed by atoms with Gasteiger partial charge in [-0.25, -0.2) is 9.97 Å². The molecule has 0 aliphatic carbocycles. The summed E-state index contributed by atoms with van der Waals surface area (Å²) in [6.07, 6.45) is 2.56. The Hall–Kier alpha value is -3.21. The quantitative estimate of drug-likeness (QED) is 0.729. The van der Waals surface area contributed by atoms with Gasteiger partial charge in [-0.3, -0.25) is 4.79 Å². The number of hydrogen-bond acceptors (Lipinski definition) is 4. The fourth-order valence-electron chi connectivity index (χ4n) is 2.33. The molecule has 0 aliphatic rings. The molecule has 5 nitrogen and oxygen atoms in total. The summed E-state index contributed by atoms with van der Waals surface area (Å²) in [6, 6.07) is 17.3. The lowest BCUT2D eigenvalue weighted by Gasteiger charge is -2.08. The third-order valence-electron chi connectivity index (χ3n) is 3.82. The number of nitrogens with zero attached hydrogens (tertiary/aromatic N) is 2. The van der Waals surface area contributed by atoms with Crippen LogP contribution in [0.25, 0.3) is 0 Å². The first kappa shape index (κ1) is 16.6. The summed E-state index contributed by atoms with van der Waals surface area (Å²) in [5.41, 5.74) is 4.33. The summed E-state index contributed by atoms with van der Waals surface area (Å²) in [6.45, 7) is 4.11. The second-order valence-corrected chi connectivity index (χ2v) is 5.76. The van der Waals surface area contributed by atoms with Crippen molar-refractivity contribution in [2.24, 2.45) is 0 Å². The molecule has 0 radical (unpaired) electrons. The van der Waals surface area contributed by atoms with Crippen LogP contribution in [-0.4, -0.2) is 15.9 Å². The number of nitrogens with one attached hydrogen (secondary N) is 2. The molecule has 5 heteroatoms. The molecule has 1 aromatic heterocycles. The Morgan fingerprint density at radius 1 is 0.960 bits per heavy atom. The first-order valence-electron chi connectivity index (χ1n) is 8.21. The fourth-order valence-corrected chi connectivity index (χ4v) is 2.33. The zero-order valence-electron chi connectivity index (χ0n) is 14.3. The Balaban J connectivity index is 1.71. The number of carbonyl (C=O) groups is 1. The van der Waals surface area contributed by atoms with Crippen molar-refractivity contribution in [1.29, 1.82) is 0 Å². The Morgan fingerprint density at radius 2 is 1.64 bits per heavy atom. The van der Waals surface area contributed by atoms with E-state index in [-0.39, 0.29) is 5.91 Å². The number of rotatable bonds is 5. The minimum Gasteiger partial charge on any atom is -0.324 e. The molecule has 0 saturated heterocycles. The molecule has 0 saturated carbocycles. The Morgan fingerprint density at radius 3 is 2.32 bits per heavy atom. The van der Waals surface area contributed by atoms with Crippen molar-refractivity contribution >= 4 is 23.2 Å². The standard InChI is InChI=1S/C20H20N4O/c1-3-15-6-10-17(11-7-15)23-20-21-13-12-18(24-20)19(25)22-16-8-4-14(2)5-9-16/h4-13H,3H2,1-2H3,(H,22,25)(H,21,23,24). The van der Waals surface area contributed by atoms with Crippen molar-refractivity contribution in [3.8, 4) is 0 Å². The van der Waals surface area contributed by atoms with Crippen molar-refractivity contribution in [3.63, 3.8) is 0 Å². The van der Waals surface area contributed by atoms with Crippen molar-refractivity contribution in [2.45, 2.75) is 20.3 Å². The normalized spacial score (nSPS) is 10.3. The molecule has 0 atom stereocenters. The summed E-state index contributed by atoms with van der Waals surface area (Å²) in [5, 5.41) is 5.95. The molecule has 3 aromatic rings. The predicted molar refractivity (Wildman–Crippen MR) is 100 cm³/mol. The average Bonchev–Trinajstić information content (AvgIpc) is 2.64. The van der Waals surface area contributed by atoms with Gasteiger partial charge in [-0.15, -0.1) is 0 Å². The van der Waals surface area contributed by atoms with E-state index in [4.69, 9.17) is 0 Å². The van der Waals surface area contributed by atoms with Gasteiger partial charge in [0, 0.05) is 17.6 Å². The number of amides is 1. The SMILES string of the molecule is CCc1ccc(Nc2nccc(C(=O)Nc3ccc(C)cc3)n2)cc1. The smallest absolute Gasteiger partial charge is 0.274 e. The molecule has 3 rings (SSSR count). The number of aryl methyl sites for hydroxylation is 2. The van der Waals surface area contributed by atoms with E-state index in [1.807, 2.05) is 43.3 Å². The summed E-state index contributed by atoms with van der Waals surface area (Å²) in [5.74, 6) is 0.122. The van der Waals surface area contributed by atoms with Crippen LogP contribution in [0, 0.1) is 6.92 Å². The minimum atomic E-state index is -0.268. The van der Waals surface area contributed by atoms with E-state index in [0.29, 0.717) is 11.6 Å². The van der Waals surface area contributed by atoms with Crippen LogP contribution in [0.15, 0.2) is 60.8 Å². The van der Waals surface area contributed by atoms with Crippen LogP contribution >= 0.6 is 0 Å². The zero-order valence-corrected chi connectivity index (χ0v) is 14.3. The highest BCUT2D eigenvalue weighted by atomic mass is 16.1. The Kier molecular flexibility index (Phi) is 5.04. The molecule has 0 spiro atoms. The van der Waals surface area contributed by atoms with Crippen LogP contribution in [0.2, 0.25) is 0 Å². The Bertz CT molecular complexity index is 858. The molecule has 0 aliphatic heterocycles. The third-order valence-corrected chi connectivity index (χ3v) is 3.82. The number of benzene rings is 2. The highest BCUT2D eigenvalue weighted by Gasteiger charge is 2.09. The fraction of sp³-hybridized carbons (Fsp3) is 0.150. The highest BCUT2D eigenvalue weighted by Crippen LogP contribution is 2.15. The van der Waals surface area contributed by atoms with E-state index in [0.717, 1.165) is 23.4 Å². The van der Waals surface area contributed by atoms with E-state index in [1.54, 1.807) is 12.3 Å². The van der Waals surface area contributed by atoms with Crippen LogP contribution < -0.4 is 10.6 Å². The topological polar surface area (TPSA) is 66.9 Å². The first-order chi connectivity index (χ1) is 12.1. The van der Waals surface area contributed by atoms with Gasteiger partial charge in [-0.05, 0) is 49.2 Å². The maximum atomic E-state index is 12.4. The molecule has 1 amide bonds. The molecule has 0 fully saturated rings. The van der Waals surface area contributed by atoms with Crippen LogP contribution in [0.1, 0.15) is 28.5 Å². The summed E-state index contributed by atoms with van der Waals surface area (Å²) >= 11 is 0. The molecule has 2 N–H and O–H groups in total. The van der Waals surface area contributed by atoms with Crippen LogP contribution in [0.5, 0.6) is 0 Å². The second-order valence-electron chi connectivity index (χ2n) is 5.76. The lowest BCUT2D eigenvalue weighted by molar-refractivity contribution is 0.102. The van der Waals surface area contributed by atoms with Crippen LogP contribution in [-0.2, 0) is 6.42 Å².